The number of nitrogens with zero attached hydrogens (tertiary/aromatic N) is 3. The Bertz CT molecular complexity index is 309. The summed E-state index contributed by atoms with van der Waals surface area (Å²) in [5, 5.41) is 8.54. The molecule has 16 heavy (non-hydrogen) atoms. The van der Waals surface area contributed by atoms with Crippen LogP contribution in [0.5, 0.6) is 0 Å². The molecule has 0 aliphatic heterocycles. The lowest BCUT2D eigenvalue weighted by molar-refractivity contribution is 0.460. The molecule has 0 radical (unpaired) electrons. The van der Waals surface area contributed by atoms with Crippen molar-refractivity contribution in [2.45, 2.75) is 65.3 Å². The Morgan fingerprint density at radius 1 is 1.19 bits per heavy atom. The van der Waals surface area contributed by atoms with Gasteiger partial charge in [-0.1, -0.05) is 39.5 Å². The van der Waals surface area contributed by atoms with Crippen LogP contribution in [-0.2, 0) is 6.42 Å². The van der Waals surface area contributed by atoms with E-state index in [0.717, 1.165) is 18.7 Å². The van der Waals surface area contributed by atoms with Crippen LogP contribution in [0.15, 0.2) is 0 Å². The third kappa shape index (κ3) is 3.48. The van der Waals surface area contributed by atoms with E-state index >= 15 is 0 Å². The predicted molar refractivity (Wildman–Crippen MR) is 67.9 cm³/mol. The van der Waals surface area contributed by atoms with Gasteiger partial charge in [-0.25, -0.2) is 0 Å². The highest BCUT2D eigenvalue weighted by atomic mass is 35.5. The molecule has 0 aliphatic carbocycles. The van der Waals surface area contributed by atoms with Crippen molar-refractivity contribution in [2.24, 2.45) is 0 Å². The summed E-state index contributed by atoms with van der Waals surface area (Å²) < 4.78 is 2.06. The molecule has 1 heterocycles. The smallest absolute Gasteiger partial charge is 0.225 e. The van der Waals surface area contributed by atoms with Gasteiger partial charge in [0.25, 0.3) is 0 Å². The maximum absolute atomic E-state index is 6.05. The van der Waals surface area contributed by atoms with Crippen LogP contribution in [0.4, 0.5) is 0 Å². The fourth-order valence-electron chi connectivity index (χ4n) is 1.97. The van der Waals surface area contributed by atoms with Gasteiger partial charge in [-0.3, -0.25) is 4.57 Å². The lowest BCUT2D eigenvalue weighted by Crippen LogP contribution is -2.09. The summed E-state index contributed by atoms with van der Waals surface area (Å²) in [5.41, 5.74) is 0. The Balaban J connectivity index is 2.51. The van der Waals surface area contributed by atoms with Gasteiger partial charge < -0.3 is 0 Å². The molecule has 1 aromatic heterocycles. The van der Waals surface area contributed by atoms with Crippen LogP contribution in [0, 0.1) is 0 Å². The van der Waals surface area contributed by atoms with E-state index in [0.29, 0.717) is 11.3 Å². The number of hydrogen-bond donors (Lipinski definition) is 0. The summed E-state index contributed by atoms with van der Waals surface area (Å²) >= 11 is 6.05. The standard InChI is InChI=1S/C12H22ClN3/c1-4-6-7-8-9-10(3)16-11(5-2)14-15-12(16)13/h10H,4-9H2,1-3H3. The van der Waals surface area contributed by atoms with Crippen molar-refractivity contribution in [3.8, 4) is 0 Å². The van der Waals surface area contributed by atoms with Crippen LogP contribution >= 0.6 is 11.6 Å². The third-order valence-electron chi connectivity index (χ3n) is 2.96. The van der Waals surface area contributed by atoms with Crippen molar-refractivity contribution in [3.05, 3.63) is 11.1 Å². The van der Waals surface area contributed by atoms with Gasteiger partial charge in [0, 0.05) is 12.5 Å². The van der Waals surface area contributed by atoms with Crippen LogP contribution in [-0.4, -0.2) is 14.8 Å². The highest BCUT2D eigenvalue weighted by molar-refractivity contribution is 6.28. The first-order chi connectivity index (χ1) is 7.70. The van der Waals surface area contributed by atoms with Gasteiger partial charge in [-0.05, 0) is 24.9 Å². The molecule has 0 fully saturated rings. The minimum atomic E-state index is 0.411. The SMILES string of the molecule is CCCCCCC(C)n1c(Cl)nnc1CC. The molecule has 0 aliphatic rings. The maximum atomic E-state index is 6.05. The van der Waals surface area contributed by atoms with Gasteiger partial charge in [0.2, 0.25) is 5.28 Å². The summed E-state index contributed by atoms with van der Waals surface area (Å²) in [6, 6.07) is 0.411. The number of hydrogen-bond acceptors (Lipinski definition) is 2. The van der Waals surface area contributed by atoms with Gasteiger partial charge in [0.1, 0.15) is 5.82 Å². The summed E-state index contributed by atoms with van der Waals surface area (Å²) in [4.78, 5) is 0. The Labute approximate surface area is 103 Å². The second-order valence-corrected chi connectivity index (χ2v) is 4.65. The van der Waals surface area contributed by atoms with E-state index in [1.165, 1.54) is 25.7 Å². The molecule has 1 rings (SSSR count). The van der Waals surface area contributed by atoms with E-state index in [-0.39, 0.29) is 0 Å². The minimum absolute atomic E-state index is 0.411. The molecule has 3 nitrogen and oxygen atoms in total. The minimum Gasteiger partial charge on any atom is -0.299 e. The quantitative estimate of drug-likeness (QED) is 0.677. The van der Waals surface area contributed by atoms with E-state index in [1.54, 1.807) is 0 Å². The molecule has 0 saturated carbocycles. The Hall–Kier alpha value is -0.570. The van der Waals surface area contributed by atoms with E-state index in [4.69, 9.17) is 11.6 Å². The average molecular weight is 244 g/mol. The molecular formula is C12H22ClN3. The topological polar surface area (TPSA) is 30.7 Å². The molecule has 0 amide bonds. The average Bonchev–Trinajstić information content (AvgIpc) is 2.65. The molecule has 1 aromatic rings. The molecular weight excluding hydrogens is 222 g/mol. The first-order valence-corrected chi connectivity index (χ1v) is 6.67. The van der Waals surface area contributed by atoms with Crippen LogP contribution in [0.3, 0.4) is 0 Å². The Kier molecular flexibility index (Phi) is 5.81. The highest BCUT2D eigenvalue weighted by Gasteiger charge is 2.14. The second-order valence-electron chi connectivity index (χ2n) is 4.31. The van der Waals surface area contributed by atoms with E-state index in [2.05, 4.69) is 35.5 Å². The van der Waals surface area contributed by atoms with Crippen LogP contribution in [0.1, 0.15) is 64.7 Å². The number of rotatable bonds is 7. The monoisotopic (exact) mass is 243 g/mol. The van der Waals surface area contributed by atoms with Crippen molar-refractivity contribution >= 4 is 11.6 Å². The van der Waals surface area contributed by atoms with Crippen LogP contribution < -0.4 is 0 Å². The van der Waals surface area contributed by atoms with Gasteiger partial charge >= 0.3 is 0 Å². The van der Waals surface area contributed by atoms with Crippen molar-refractivity contribution in [3.63, 3.8) is 0 Å². The largest absolute Gasteiger partial charge is 0.299 e. The van der Waals surface area contributed by atoms with Gasteiger partial charge in [0.05, 0.1) is 0 Å². The number of aryl methyl sites for hydroxylation is 1. The maximum Gasteiger partial charge on any atom is 0.225 e. The van der Waals surface area contributed by atoms with Crippen molar-refractivity contribution in [2.75, 3.05) is 0 Å². The molecule has 0 saturated heterocycles. The van der Waals surface area contributed by atoms with Crippen molar-refractivity contribution in [1.29, 1.82) is 0 Å². The molecule has 0 bridgehead atoms. The second kappa shape index (κ2) is 6.89. The summed E-state index contributed by atoms with van der Waals surface area (Å²) in [6.07, 6.45) is 7.21. The highest BCUT2D eigenvalue weighted by Crippen LogP contribution is 2.21. The van der Waals surface area contributed by atoms with E-state index in [9.17, 15) is 0 Å². The first kappa shape index (κ1) is 13.5. The summed E-state index contributed by atoms with van der Waals surface area (Å²) in [6.45, 7) is 6.51. The van der Waals surface area contributed by atoms with Crippen LogP contribution in [0.2, 0.25) is 5.28 Å². The molecule has 0 aromatic carbocycles. The zero-order valence-corrected chi connectivity index (χ0v) is 11.3. The fourth-order valence-corrected chi connectivity index (χ4v) is 2.28. The molecule has 1 atom stereocenters. The molecule has 1 unspecified atom stereocenters. The van der Waals surface area contributed by atoms with Crippen molar-refractivity contribution < 1.29 is 0 Å². The van der Waals surface area contributed by atoms with E-state index < -0.39 is 0 Å². The summed E-state index contributed by atoms with van der Waals surface area (Å²) in [7, 11) is 0. The van der Waals surface area contributed by atoms with Gasteiger partial charge in [-0.2, -0.15) is 0 Å². The molecule has 4 heteroatoms. The lowest BCUT2D eigenvalue weighted by Gasteiger charge is -2.15. The van der Waals surface area contributed by atoms with Gasteiger partial charge in [-0.15, -0.1) is 10.2 Å². The Morgan fingerprint density at radius 2 is 1.94 bits per heavy atom. The van der Waals surface area contributed by atoms with Gasteiger partial charge in [0.15, 0.2) is 0 Å². The summed E-state index contributed by atoms with van der Waals surface area (Å²) in [5.74, 6) is 0.994. The zero-order valence-electron chi connectivity index (χ0n) is 10.5. The number of aromatic nitrogens is 3. The van der Waals surface area contributed by atoms with Crippen molar-refractivity contribution in [1.82, 2.24) is 14.8 Å². The van der Waals surface area contributed by atoms with E-state index in [1.807, 2.05) is 0 Å². The predicted octanol–water partition coefficient (Wildman–Crippen LogP) is 4.03. The molecule has 0 N–H and O–H groups in total. The fraction of sp³-hybridized carbons (Fsp3) is 0.833. The van der Waals surface area contributed by atoms with Crippen LogP contribution in [0.25, 0.3) is 0 Å². The first-order valence-electron chi connectivity index (χ1n) is 6.29. The Morgan fingerprint density at radius 3 is 2.56 bits per heavy atom. The number of unbranched alkanes of at least 4 members (excludes halogenated alkanes) is 3. The zero-order chi connectivity index (χ0) is 12.0. The lowest BCUT2D eigenvalue weighted by atomic mass is 10.1. The molecule has 92 valence electrons. The number of halogens is 1. The normalized spacial score (nSPS) is 13.0. The third-order valence-corrected chi connectivity index (χ3v) is 3.21. The molecule has 0 spiro atoms.